The fraction of sp³-hybridized carbons (Fsp3) is 0.857. The Balaban J connectivity index is -0.00000000933. The first-order valence-corrected chi connectivity index (χ1v) is 3.05. The minimum absolute atomic E-state index is 0. The molecule has 0 fully saturated rings. The van der Waals surface area contributed by atoms with Gasteiger partial charge in [0.2, 0.25) is 0 Å². The van der Waals surface area contributed by atoms with E-state index < -0.39 is 0 Å². The molecule has 5 heteroatoms. The van der Waals surface area contributed by atoms with Crippen LogP contribution in [0.1, 0.15) is 13.3 Å². The maximum atomic E-state index is 7.00. The molecular weight excluding hydrogens is 194 g/mol. The predicted octanol–water partition coefficient (Wildman–Crippen LogP) is 0.722. The second kappa shape index (κ2) is 533. The van der Waals surface area contributed by atoms with Gasteiger partial charge in [-0.15, -0.1) is 0 Å². The fourth-order valence-corrected chi connectivity index (χ4v) is 0. The molecule has 0 saturated heterocycles. The molecule has 0 aromatic rings. The average molecular weight is 217 g/mol. The summed E-state index contributed by atoms with van der Waals surface area (Å²) in [5.74, 6) is 0. The summed E-state index contributed by atoms with van der Waals surface area (Å²) in [6.45, 7) is 5.50. The smallest absolute Gasteiger partial charge is 0.680 e. The van der Waals surface area contributed by atoms with E-state index in [1.807, 2.05) is 6.92 Å². The van der Waals surface area contributed by atoms with Crippen molar-refractivity contribution in [2.45, 2.75) is 13.3 Å². The Labute approximate surface area is 91.7 Å². The van der Waals surface area contributed by atoms with Crippen molar-refractivity contribution in [3.63, 3.8) is 0 Å². The Morgan fingerprint density at radius 2 is 0.917 bits per heavy atom. The molecule has 0 rings (SSSR count). The third-order valence-corrected chi connectivity index (χ3v) is 0. The van der Waals surface area contributed by atoms with Gasteiger partial charge in [0.05, 0.1) is 0 Å². The average Bonchev–Trinajstić information content (AvgIpc) is 2.18. The van der Waals surface area contributed by atoms with Crippen molar-refractivity contribution in [2.24, 2.45) is 0 Å². The molecule has 0 aliphatic rings. The summed E-state index contributed by atoms with van der Waals surface area (Å²) in [4.78, 5) is 0. The molecule has 0 spiro atoms. The van der Waals surface area contributed by atoms with Gasteiger partial charge in [-0.3, -0.25) is 0 Å². The van der Waals surface area contributed by atoms with Crippen LogP contribution in [0.5, 0.6) is 0 Å². The van der Waals surface area contributed by atoms with Gasteiger partial charge in [0.1, 0.15) is 0 Å². The molecule has 12 heavy (non-hydrogen) atoms. The van der Waals surface area contributed by atoms with Gasteiger partial charge in [0, 0.05) is 21.3 Å². The molecule has 0 aliphatic heterocycles. The number of hydrogen-bond acceptors (Lipinski definition) is 3. The molecule has 4 N–H and O–H groups in total. The molecule has 0 amide bonds. The molecule has 0 aliphatic carbocycles. The molecule has 0 heterocycles. The quantitative estimate of drug-likeness (QED) is 0.413. The Bertz CT molecular complexity index is 18.6. The first-order valence-electron chi connectivity index (χ1n) is 3.05. The summed E-state index contributed by atoms with van der Waals surface area (Å²) in [5.41, 5.74) is 5.75. The molecule has 0 atom stereocenters. The summed E-state index contributed by atoms with van der Waals surface area (Å²) in [6.07, 6.45) is 1.00. The first-order chi connectivity index (χ1) is 5.41. The Morgan fingerprint density at radius 3 is 0.917 bits per heavy atom. The molecule has 0 radical (unpaired) electrons. The maximum Gasteiger partial charge on any atom is 2.00 e. The van der Waals surface area contributed by atoms with Crippen molar-refractivity contribution in [3.8, 4) is 0 Å². The second-order valence-corrected chi connectivity index (χ2v) is 0.500. The van der Waals surface area contributed by atoms with Crippen LogP contribution >= 0.6 is 0 Å². The van der Waals surface area contributed by atoms with Crippen LogP contribution in [0.4, 0.5) is 0 Å². The maximum absolute atomic E-state index is 7.00. The standard InChI is InChI=1S/C3H7.CH4N.3CH4O.Ti/c1-3-2;4*1-2;/h1,3H2,2H3;4*2H,1H3;/q2*-1;;;;+2. The Hall–Kier alpha value is 0.554. The van der Waals surface area contributed by atoms with Gasteiger partial charge < -0.3 is 28.0 Å². The summed E-state index contributed by atoms with van der Waals surface area (Å²) in [7, 11) is 4.25. The number of nitrogens with one attached hydrogen (secondary N) is 1. The van der Waals surface area contributed by atoms with Crippen molar-refractivity contribution in [1.29, 1.82) is 0 Å². The van der Waals surface area contributed by atoms with Crippen LogP contribution in [0.3, 0.4) is 0 Å². The zero-order valence-corrected chi connectivity index (χ0v) is 10.3. The Kier molecular flexibility index (Phi) is 1730. The van der Waals surface area contributed by atoms with Crippen LogP contribution in [0, 0.1) is 6.92 Å². The second-order valence-electron chi connectivity index (χ2n) is 0.500. The van der Waals surface area contributed by atoms with Gasteiger partial charge in [-0.1, -0.05) is 6.92 Å². The minimum atomic E-state index is 0. The van der Waals surface area contributed by atoms with Gasteiger partial charge in [-0.25, -0.2) is 0 Å². The van der Waals surface area contributed by atoms with Crippen molar-refractivity contribution in [3.05, 3.63) is 12.7 Å². The van der Waals surface area contributed by atoms with Gasteiger partial charge in [-0.2, -0.15) is 13.5 Å². The minimum Gasteiger partial charge on any atom is -0.680 e. The van der Waals surface area contributed by atoms with Crippen molar-refractivity contribution in [1.82, 2.24) is 0 Å². The van der Waals surface area contributed by atoms with E-state index in [2.05, 4.69) is 6.92 Å². The topological polar surface area (TPSA) is 84.5 Å². The summed E-state index contributed by atoms with van der Waals surface area (Å²) in [6, 6.07) is 0. The van der Waals surface area contributed by atoms with E-state index in [0.717, 1.165) is 27.8 Å². The van der Waals surface area contributed by atoms with Crippen LogP contribution in [-0.2, 0) is 21.7 Å². The van der Waals surface area contributed by atoms with Gasteiger partial charge in [0.15, 0.2) is 0 Å². The van der Waals surface area contributed by atoms with E-state index in [0.29, 0.717) is 0 Å². The zero-order chi connectivity index (χ0) is 10.7. The van der Waals surface area contributed by atoms with E-state index in [1.165, 1.54) is 7.05 Å². The summed E-state index contributed by atoms with van der Waals surface area (Å²) in [5, 5.41) is 21.0. The van der Waals surface area contributed by atoms with Crippen molar-refractivity contribution in [2.75, 3.05) is 28.4 Å². The Morgan fingerprint density at radius 1 is 0.917 bits per heavy atom. The number of aliphatic hydroxyl groups is 3. The third-order valence-electron chi connectivity index (χ3n) is 0. The molecule has 0 saturated carbocycles. The van der Waals surface area contributed by atoms with Gasteiger partial charge in [-0.05, 0) is 0 Å². The summed E-state index contributed by atoms with van der Waals surface area (Å²) < 4.78 is 0. The molecule has 0 aromatic heterocycles. The van der Waals surface area contributed by atoms with Crippen LogP contribution in [0.15, 0.2) is 0 Å². The number of hydrogen-bond donors (Lipinski definition) is 3. The normalized spacial score (nSPS) is 3.50. The van der Waals surface area contributed by atoms with E-state index in [-0.39, 0.29) is 21.7 Å². The molecular formula is C7H23NO3Ti. The molecule has 0 aromatic carbocycles. The molecule has 0 bridgehead atoms. The largest absolute Gasteiger partial charge is 2.00 e. The van der Waals surface area contributed by atoms with Crippen LogP contribution in [0.2, 0.25) is 0 Å². The molecule has 4 nitrogen and oxygen atoms in total. The SMILES string of the molecule is CO.CO.CO.C[NH-].[CH2-]CC.[Ti+2]. The first kappa shape index (κ1) is 39.0. The van der Waals surface area contributed by atoms with Crippen LogP contribution < -0.4 is 0 Å². The summed E-state index contributed by atoms with van der Waals surface area (Å²) >= 11 is 0. The van der Waals surface area contributed by atoms with E-state index >= 15 is 0 Å². The van der Waals surface area contributed by atoms with E-state index in [9.17, 15) is 0 Å². The van der Waals surface area contributed by atoms with Gasteiger partial charge in [0.25, 0.3) is 0 Å². The third kappa shape index (κ3) is 3140. The van der Waals surface area contributed by atoms with E-state index in [1.54, 1.807) is 0 Å². The van der Waals surface area contributed by atoms with Gasteiger partial charge >= 0.3 is 21.7 Å². The monoisotopic (exact) mass is 217 g/mol. The van der Waals surface area contributed by atoms with Crippen molar-refractivity contribution < 1.29 is 37.0 Å². The zero-order valence-electron chi connectivity index (χ0n) is 8.76. The fourth-order valence-electron chi connectivity index (χ4n) is 0. The van der Waals surface area contributed by atoms with Crippen LogP contribution in [-0.4, -0.2) is 43.7 Å². The number of rotatable bonds is 0. The predicted molar refractivity (Wildman–Crippen MR) is 50.3 cm³/mol. The molecule has 78 valence electrons. The molecule has 0 unspecified atom stereocenters. The van der Waals surface area contributed by atoms with Crippen molar-refractivity contribution >= 4 is 0 Å². The van der Waals surface area contributed by atoms with Crippen LogP contribution in [0.25, 0.3) is 5.73 Å². The number of aliphatic hydroxyl groups excluding tert-OH is 3. The van der Waals surface area contributed by atoms with E-state index in [4.69, 9.17) is 21.1 Å².